The molecular formula is C28H22ClF3N4O7S. The van der Waals surface area contributed by atoms with Crippen molar-refractivity contribution in [2.75, 3.05) is 6.61 Å². The molecule has 0 spiro atoms. The van der Waals surface area contributed by atoms with E-state index in [1.165, 1.54) is 30.5 Å². The van der Waals surface area contributed by atoms with E-state index in [-0.39, 0.29) is 46.6 Å². The van der Waals surface area contributed by atoms with Crippen LogP contribution in [0.2, 0.25) is 5.02 Å². The minimum absolute atomic E-state index is 0.0330. The van der Waals surface area contributed by atoms with E-state index in [9.17, 15) is 37.5 Å². The maximum Gasteiger partial charge on any atom is 0.453 e. The van der Waals surface area contributed by atoms with E-state index in [2.05, 4.69) is 25.0 Å². The normalized spacial score (nSPS) is 20.9. The van der Waals surface area contributed by atoms with Gasteiger partial charge in [-0.1, -0.05) is 11.6 Å². The lowest BCUT2D eigenvalue weighted by atomic mass is 10.1. The van der Waals surface area contributed by atoms with Gasteiger partial charge in [0.1, 0.15) is 0 Å². The van der Waals surface area contributed by atoms with E-state index < -0.39 is 52.4 Å². The number of ether oxygens (including phenoxy) is 2. The molecule has 0 bridgehead atoms. The molecule has 1 fully saturated rings. The molecule has 1 aliphatic carbocycles. The topological polar surface area (TPSA) is 164 Å². The quantitative estimate of drug-likeness (QED) is 0.218. The summed E-state index contributed by atoms with van der Waals surface area (Å²) in [6, 6.07) is 10.1. The highest BCUT2D eigenvalue weighted by Gasteiger charge is 2.60. The zero-order valence-corrected chi connectivity index (χ0v) is 23.9. The van der Waals surface area contributed by atoms with Gasteiger partial charge in [0.15, 0.2) is 5.75 Å². The van der Waals surface area contributed by atoms with Gasteiger partial charge in [-0.3, -0.25) is 14.0 Å². The maximum atomic E-state index is 14.1. The zero-order chi connectivity index (χ0) is 31.4. The zero-order valence-electron chi connectivity index (χ0n) is 22.3. The predicted octanol–water partition coefficient (Wildman–Crippen LogP) is 3.30. The number of hydrogen-bond donors (Lipinski definition) is 4. The standard InChI is InChI=1S/C28H22ClF3N4O7S/c29-18-5-14(6-23-16(18)11-42-12-24(30)44(23)41)26(37)34-10-15-7-21-13(9-33-15)1-2-19(35-21)20-3-4-22(43-28(38,39)40)25(36-20)17-8-27(17,31)32/h1-7,9,17,24,38-40H,8,10-12H2,(H,34,37). The Kier molecular flexibility index (Phi) is 7.80. The molecule has 1 saturated carbocycles. The second kappa shape index (κ2) is 11.3. The van der Waals surface area contributed by atoms with Gasteiger partial charge in [-0.15, -0.1) is 0 Å². The monoisotopic (exact) mass is 650 g/mol. The Bertz CT molecular complexity index is 1820. The fourth-order valence-electron chi connectivity index (χ4n) is 4.68. The van der Waals surface area contributed by atoms with Crippen LogP contribution in [0.15, 0.2) is 53.6 Å². The molecule has 16 heteroatoms. The van der Waals surface area contributed by atoms with Crippen LogP contribution in [-0.2, 0) is 28.7 Å². The number of benzene rings is 1. The number of pyridine rings is 3. The van der Waals surface area contributed by atoms with Crippen molar-refractivity contribution >= 4 is 39.2 Å². The van der Waals surface area contributed by atoms with Gasteiger partial charge in [0.25, 0.3) is 11.8 Å². The van der Waals surface area contributed by atoms with E-state index in [1.807, 2.05) is 0 Å². The largest absolute Gasteiger partial charge is 0.453 e. The van der Waals surface area contributed by atoms with Crippen molar-refractivity contribution in [1.82, 2.24) is 20.3 Å². The first kappa shape index (κ1) is 30.3. The molecule has 1 amide bonds. The number of nitrogens with one attached hydrogen (secondary N) is 1. The molecule has 0 radical (unpaired) electrons. The van der Waals surface area contributed by atoms with Gasteiger partial charge in [-0.25, -0.2) is 23.1 Å². The van der Waals surface area contributed by atoms with Crippen molar-refractivity contribution in [3.8, 4) is 17.1 Å². The van der Waals surface area contributed by atoms with E-state index in [0.717, 1.165) is 0 Å². The molecule has 11 nitrogen and oxygen atoms in total. The van der Waals surface area contributed by atoms with Gasteiger partial charge < -0.3 is 30.1 Å². The lowest BCUT2D eigenvalue weighted by Crippen LogP contribution is -2.35. The molecule has 4 N–H and O–H groups in total. The van der Waals surface area contributed by atoms with E-state index in [4.69, 9.17) is 16.3 Å². The van der Waals surface area contributed by atoms with Crippen LogP contribution >= 0.6 is 11.6 Å². The molecule has 3 atom stereocenters. The number of fused-ring (bicyclic) bond motifs is 2. The molecule has 3 unspecified atom stereocenters. The Labute approximate surface area is 254 Å². The Balaban J connectivity index is 1.23. The number of hydrogen-bond acceptors (Lipinski definition) is 10. The molecule has 3 aromatic heterocycles. The van der Waals surface area contributed by atoms with Crippen LogP contribution in [0.25, 0.3) is 22.3 Å². The highest BCUT2D eigenvalue weighted by atomic mass is 35.5. The van der Waals surface area contributed by atoms with Crippen molar-refractivity contribution in [3.63, 3.8) is 0 Å². The van der Waals surface area contributed by atoms with Crippen LogP contribution in [0, 0.1) is 0 Å². The second-order valence-electron chi connectivity index (χ2n) is 10.2. The Morgan fingerprint density at radius 3 is 2.61 bits per heavy atom. The van der Waals surface area contributed by atoms with Gasteiger partial charge >= 0.3 is 6.16 Å². The third kappa shape index (κ3) is 6.24. The summed E-state index contributed by atoms with van der Waals surface area (Å²) in [5.41, 5.74) is -0.259. The van der Waals surface area contributed by atoms with Crippen molar-refractivity contribution < 1.29 is 47.0 Å². The van der Waals surface area contributed by atoms with Crippen molar-refractivity contribution in [2.45, 2.75) is 48.0 Å². The smallest absolute Gasteiger partial charge is 0.415 e. The fourth-order valence-corrected chi connectivity index (χ4v) is 6.16. The highest BCUT2D eigenvalue weighted by Crippen LogP contribution is 2.57. The van der Waals surface area contributed by atoms with E-state index in [0.29, 0.717) is 27.9 Å². The number of halogens is 4. The number of aliphatic hydroxyl groups is 3. The average Bonchev–Trinajstić information content (AvgIpc) is 3.64. The highest BCUT2D eigenvalue weighted by molar-refractivity contribution is 7.85. The minimum Gasteiger partial charge on any atom is -0.415 e. The number of aromatic nitrogens is 3. The predicted molar refractivity (Wildman–Crippen MR) is 149 cm³/mol. The lowest BCUT2D eigenvalue weighted by Gasteiger charge is -2.18. The van der Waals surface area contributed by atoms with Crippen molar-refractivity contribution in [1.29, 1.82) is 0 Å². The van der Waals surface area contributed by atoms with Gasteiger partial charge in [-0.2, -0.15) is 0 Å². The molecule has 44 heavy (non-hydrogen) atoms. The molecule has 0 saturated heterocycles. The number of carbonyl (C=O) groups is 1. The summed E-state index contributed by atoms with van der Waals surface area (Å²) < 4.78 is 64.2. The summed E-state index contributed by atoms with van der Waals surface area (Å²) in [5.74, 6) is -5.41. The number of carbonyl (C=O) groups excluding carboxylic acids is 1. The fraction of sp³-hybridized carbons (Fsp3) is 0.286. The summed E-state index contributed by atoms with van der Waals surface area (Å²) in [6.07, 6.45) is -2.58. The molecule has 2 aliphatic rings. The molecule has 1 aliphatic heterocycles. The number of nitrogens with zero attached hydrogens (tertiary/aromatic N) is 3. The molecule has 6 rings (SSSR count). The maximum absolute atomic E-state index is 14.1. The number of amides is 1. The first-order valence-electron chi connectivity index (χ1n) is 13.0. The van der Waals surface area contributed by atoms with Gasteiger partial charge in [0, 0.05) is 39.0 Å². The summed E-state index contributed by atoms with van der Waals surface area (Å²) in [6.45, 7) is -0.424. The van der Waals surface area contributed by atoms with Crippen LogP contribution in [0.4, 0.5) is 13.2 Å². The first-order valence-corrected chi connectivity index (χ1v) is 14.6. The Hall–Kier alpha value is -3.73. The summed E-state index contributed by atoms with van der Waals surface area (Å²) in [5, 5.41) is 31.0. The van der Waals surface area contributed by atoms with Crippen LogP contribution in [0.3, 0.4) is 0 Å². The van der Waals surface area contributed by atoms with Crippen LogP contribution in [0.5, 0.6) is 5.75 Å². The van der Waals surface area contributed by atoms with E-state index >= 15 is 0 Å². The first-order chi connectivity index (χ1) is 20.8. The Morgan fingerprint density at radius 2 is 1.89 bits per heavy atom. The van der Waals surface area contributed by atoms with E-state index in [1.54, 1.807) is 18.2 Å². The SMILES string of the molecule is O=C(NCc1cc2nc(-c3ccc(OC(O)(O)O)c(C4CC4(F)F)n3)ccc2cn1)c1cc(Cl)c2c(c1)S(=O)C(F)COC2. The minimum atomic E-state index is -3.58. The number of alkyl halides is 3. The van der Waals surface area contributed by atoms with Gasteiger partial charge in [-0.05, 0) is 42.5 Å². The molecule has 4 aromatic rings. The van der Waals surface area contributed by atoms with Crippen LogP contribution in [0.1, 0.15) is 39.6 Å². The molecule has 1 aromatic carbocycles. The third-order valence-electron chi connectivity index (χ3n) is 6.97. The molecule has 230 valence electrons. The second-order valence-corrected chi connectivity index (χ2v) is 12.1. The summed E-state index contributed by atoms with van der Waals surface area (Å²) in [4.78, 5) is 26.1. The summed E-state index contributed by atoms with van der Waals surface area (Å²) in [7, 11) is -2.06. The average molecular weight is 651 g/mol. The van der Waals surface area contributed by atoms with Crippen molar-refractivity contribution in [3.05, 3.63) is 76.2 Å². The van der Waals surface area contributed by atoms with Crippen LogP contribution in [-0.4, -0.2) is 64.6 Å². The third-order valence-corrected chi connectivity index (χ3v) is 8.71. The lowest BCUT2D eigenvalue weighted by molar-refractivity contribution is -0.419. The Morgan fingerprint density at radius 1 is 1.16 bits per heavy atom. The van der Waals surface area contributed by atoms with Gasteiger partial charge in [0.2, 0.25) is 5.50 Å². The molecule has 4 heterocycles. The number of rotatable bonds is 7. The van der Waals surface area contributed by atoms with Gasteiger partial charge in [0.05, 0.1) is 64.8 Å². The molecular weight excluding hydrogens is 629 g/mol. The summed E-state index contributed by atoms with van der Waals surface area (Å²) >= 11 is 6.29. The van der Waals surface area contributed by atoms with Crippen LogP contribution < -0.4 is 10.1 Å². The van der Waals surface area contributed by atoms with Crippen molar-refractivity contribution in [2.24, 2.45) is 0 Å².